The number of pyridine rings is 1. The van der Waals surface area contributed by atoms with Gasteiger partial charge < -0.3 is 16.2 Å². The molecule has 0 spiro atoms. The molecule has 0 unspecified atom stereocenters. The van der Waals surface area contributed by atoms with Crippen LogP contribution in [0.1, 0.15) is 6.42 Å². The first-order valence-corrected chi connectivity index (χ1v) is 7.14. The topological polar surface area (TPSA) is 99.9 Å². The highest BCUT2D eigenvalue weighted by molar-refractivity contribution is 7.22. The number of aromatic amines is 1. The fraction of sp³-hybridized carbons (Fsp3) is 0.231. The minimum absolute atomic E-state index is 0.167. The van der Waals surface area contributed by atoms with Gasteiger partial charge in [-0.25, -0.2) is 4.98 Å². The maximum atomic E-state index is 8.86. The number of fused-ring (bicyclic) bond motifs is 1. The molecule has 0 radical (unpaired) electrons. The fourth-order valence-corrected chi connectivity index (χ4v) is 3.07. The SMILES string of the molecule is Nc1cc(NCCCO)c2sc(-c3ccn[nH]3)cc2n1. The van der Waals surface area contributed by atoms with Crippen molar-refractivity contribution < 1.29 is 5.11 Å². The molecule has 0 aliphatic carbocycles. The highest BCUT2D eigenvalue weighted by atomic mass is 32.1. The third kappa shape index (κ3) is 2.45. The molecule has 3 aromatic rings. The summed E-state index contributed by atoms with van der Waals surface area (Å²) in [6.07, 6.45) is 2.42. The fourth-order valence-electron chi connectivity index (χ4n) is 2.00. The Bertz CT molecular complexity index is 707. The Morgan fingerprint density at radius 2 is 2.30 bits per heavy atom. The van der Waals surface area contributed by atoms with Gasteiger partial charge in [-0.1, -0.05) is 0 Å². The Kier molecular flexibility index (Phi) is 3.53. The molecular formula is C13H15N5OS. The van der Waals surface area contributed by atoms with Gasteiger partial charge in [0.25, 0.3) is 0 Å². The minimum Gasteiger partial charge on any atom is -0.396 e. The van der Waals surface area contributed by atoms with Crippen LogP contribution in [-0.2, 0) is 0 Å². The van der Waals surface area contributed by atoms with Gasteiger partial charge in [-0.05, 0) is 18.6 Å². The zero-order valence-corrected chi connectivity index (χ0v) is 11.6. The average molecular weight is 289 g/mol. The van der Waals surface area contributed by atoms with Gasteiger partial charge in [0.05, 0.1) is 26.5 Å². The molecule has 7 heteroatoms. The van der Waals surface area contributed by atoms with E-state index in [9.17, 15) is 0 Å². The Morgan fingerprint density at radius 3 is 3.05 bits per heavy atom. The maximum Gasteiger partial charge on any atom is 0.126 e. The molecule has 0 fully saturated rings. The van der Waals surface area contributed by atoms with E-state index in [1.54, 1.807) is 17.5 Å². The monoisotopic (exact) mass is 289 g/mol. The van der Waals surface area contributed by atoms with Crippen LogP contribution in [0.25, 0.3) is 20.8 Å². The molecule has 0 amide bonds. The number of anilines is 2. The second-order valence-corrected chi connectivity index (χ2v) is 5.45. The zero-order chi connectivity index (χ0) is 13.9. The second kappa shape index (κ2) is 5.48. The Balaban J connectivity index is 2.01. The maximum absolute atomic E-state index is 8.86. The highest BCUT2D eigenvalue weighted by Crippen LogP contribution is 2.36. The van der Waals surface area contributed by atoms with Crippen LogP contribution in [0.3, 0.4) is 0 Å². The Hall–Kier alpha value is -2.12. The number of aliphatic hydroxyl groups excluding tert-OH is 1. The van der Waals surface area contributed by atoms with Gasteiger partial charge in [-0.15, -0.1) is 11.3 Å². The number of nitrogens with two attached hydrogens (primary N) is 1. The minimum atomic E-state index is 0.167. The quantitative estimate of drug-likeness (QED) is 0.539. The predicted octanol–water partition coefficient (Wildman–Crippen LogP) is 2.06. The number of nitrogens with one attached hydrogen (secondary N) is 2. The standard InChI is InChI=1S/C13H15N5OS/c14-12-7-9(15-3-1-5-19)13-10(17-12)6-11(20-13)8-2-4-16-18-8/h2,4,6-7,19H,1,3,5H2,(H,16,18)(H3,14,15,17). The van der Waals surface area contributed by atoms with Crippen molar-refractivity contribution in [1.82, 2.24) is 15.2 Å². The van der Waals surface area contributed by atoms with Gasteiger partial charge in [0.2, 0.25) is 0 Å². The summed E-state index contributed by atoms with van der Waals surface area (Å²) in [6, 6.07) is 5.75. The molecule has 0 bridgehead atoms. The van der Waals surface area contributed by atoms with E-state index in [0.717, 1.165) is 26.5 Å². The van der Waals surface area contributed by atoms with Crippen molar-refractivity contribution in [2.75, 3.05) is 24.2 Å². The summed E-state index contributed by atoms with van der Waals surface area (Å²) in [4.78, 5) is 5.43. The number of hydrogen-bond donors (Lipinski definition) is 4. The van der Waals surface area contributed by atoms with E-state index in [2.05, 4.69) is 20.5 Å². The Labute approximate surface area is 119 Å². The number of nitrogens with zero attached hydrogens (tertiary/aromatic N) is 2. The number of aliphatic hydroxyl groups is 1. The molecule has 3 aromatic heterocycles. The molecule has 6 nitrogen and oxygen atoms in total. The first-order chi connectivity index (χ1) is 9.78. The van der Waals surface area contributed by atoms with Crippen molar-refractivity contribution in [2.45, 2.75) is 6.42 Å². The van der Waals surface area contributed by atoms with Gasteiger partial charge in [0.1, 0.15) is 5.82 Å². The van der Waals surface area contributed by atoms with E-state index in [4.69, 9.17) is 10.8 Å². The molecule has 3 heterocycles. The summed E-state index contributed by atoms with van der Waals surface area (Å²) < 4.78 is 1.06. The highest BCUT2D eigenvalue weighted by Gasteiger charge is 2.11. The van der Waals surface area contributed by atoms with Gasteiger partial charge in [0.15, 0.2) is 0 Å². The number of thiophene rings is 1. The third-order valence-corrected chi connectivity index (χ3v) is 4.11. The van der Waals surface area contributed by atoms with E-state index in [1.165, 1.54) is 0 Å². The summed E-state index contributed by atoms with van der Waals surface area (Å²) in [5, 5.41) is 19.1. The largest absolute Gasteiger partial charge is 0.396 e. The first-order valence-electron chi connectivity index (χ1n) is 6.32. The van der Waals surface area contributed by atoms with Crippen LogP contribution < -0.4 is 11.1 Å². The van der Waals surface area contributed by atoms with E-state index < -0.39 is 0 Å². The number of rotatable bonds is 5. The lowest BCUT2D eigenvalue weighted by Crippen LogP contribution is -2.04. The zero-order valence-electron chi connectivity index (χ0n) is 10.8. The van der Waals surface area contributed by atoms with Crippen LogP contribution in [-0.4, -0.2) is 33.4 Å². The van der Waals surface area contributed by atoms with E-state index in [0.29, 0.717) is 18.8 Å². The lowest BCUT2D eigenvalue weighted by molar-refractivity contribution is 0.292. The average Bonchev–Trinajstić information content (AvgIpc) is 3.06. The molecule has 3 rings (SSSR count). The summed E-state index contributed by atoms with van der Waals surface area (Å²) >= 11 is 1.63. The number of aromatic nitrogens is 3. The van der Waals surface area contributed by atoms with E-state index in [1.807, 2.05) is 18.2 Å². The van der Waals surface area contributed by atoms with Crippen molar-refractivity contribution in [3.8, 4) is 10.6 Å². The molecular weight excluding hydrogens is 274 g/mol. The van der Waals surface area contributed by atoms with Crippen LogP contribution in [0.2, 0.25) is 0 Å². The molecule has 0 aliphatic rings. The van der Waals surface area contributed by atoms with Crippen LogP contribution >= 0.6 is 11.3 Å². The number of nitrogen functional groups attached to an aromatic ring is 1. The van der Waals surface area contributed by atoms with Crippen molar-refractivity contribution >= 4 is 33.1 Å². The molecule has 0 saturated heterocycles. The summed E-state index contributed by atoms with van der Waals surface area (Å²) in [5.41, 5.74) is 8.63. The molecule has 0 aromatic carbocycles. The summed E-state index contributed by atoms with van der Waals surface area (Å²) in [6.45, 7) is 0.868. The summed E-state index contributed by atoms with van der Waals surface area (Å²) in [5.74, 6) is 0.484. The van der Waals surface area contributed by atoms with Crippen molar-refractivity contribution in [1.29, 1.82) is 0 Å². The third-order valence-electron chi connectivity index (χ3n) is 2.92. The van der Waals surface area contributed by atoms with Gasteiger partial charge in [-0.3, -0.25) is 5.10 Å². The van der Waals surface area contributed by atoms with Crippen molar-refractivity contribution in [2.24, 2.45) is 0 Å². The van der Waals surface area contributed by atoms with Crippen LogP contribution in [0.4, 0.5) is 11.5 Å². The normalized spacial score (nSPS) is 11.1. The first kappa shape index (κ1) is 12.9. The van der Waals surface area contributed by atoms with Crippen LogP contribution in [0.15, 0.2) is 24.4 Å². The molecule has 104 valence electrons. The van der Waals surface area contributed by atoms with Crippen molar-refractivity contribution in [3.63, 3.8) is 0 Å². The molecule has 0 aliphatic heterocycles. The molecule has 5 N–H and O–H groups in total. The Morgan fingerprint density at radius 1 is 1.40 bits per heavy atom. The van der Waals surface area contributed by atoms with Crippen LogP contribution in [0, 0.1) is 0 Å². The number of H-pyrrole nitrogens is 1. The van der Waals surface area contributed by atoms with Crippen molar-refractivity contribution in [3.05, 3.63) is 24.4 Å². The molecule has 0 saturated carbocycles. The van der Waals surface area contributed by atoms with Gasteiger partial charge in [-0.2, -0.15) is 5.10 Å². The molecule has 0 atom stereocenters. The summed E-state index contributed by atoms with van der Waals surface area (Å²) in [7, 11) is 0. The second-order valence-electron chi connectivity index (χ2n) is 4.39. The number of hydrogen-bond acceptors (Lipinski definition) is 6. The van der Waals surface area contributed by atoms with Crippen LogP contribution in [0.5, 0.6) is 0 Å². The molecule has 20 heavy (non-hydrogen) atoms. The van der Waals surface area contributed by atoms with Gasteiger partial charge in [0, 0.05) is 25.4 Å². The predicted molar refractivity (Wildman–Crippen MR) is 81.8 cm³/mol. The lowest BCUT2D eigenvalue weighted by Gasteiger charge is -2.07. The smallest absolute Gasteiger partial charge is 0.126 e. The van der Waals surface area contributed by atoms with Gasteiger partial charge >= 0.3 is 0 Å². The van der Waals surface area contributed by atoms with E-state index in [-0.39, 0.29) is 6.61 Å². The lowest BCUT2D eigenvalue weighted by atomic mass is 10.3. The van der Waals surface area contributed by atoms with E-state index >= 15 is 0 Å².